The van der Waals surface area contributed by atoms with E-state index in [9.17, 15) is 9.18 Å². The van der Waals surface area contributed by atoms with Crippen molar-refractivity contribution in [2.24, 2.45) is 10.7 Å². The number of carbonyl (C=O) groups excluding carboxylic acids is 1. The SMILES string of the molecule is NC(=Nc1ccc(F)c(Br)c1)c1nonc1NC(=O)C1(c2ccccc2)CCNCC1. The van der Waals surface area contributed by atoms with E-state index in [1.54, 1.807) is 0 Å². The van der Waals surface area contributed by atoms with Gasteiger partial charge in [-0.25, -0.2) is 14.0 Å². The Morgan fingerprint density at radius 1 is 1.19 bits per heavy atom. The van der Waals surface area contributed by atoms with Gasteiger partial charge >= 0.3 is 0 Å². The molecule has 31 heavy (non-hydrogen) atoms. The molecule has 8 nitrogen and oxygen atoms in total. The zero-order valence-corrected chi connectivity index (χ0v) is 18.0. The predicted molar refractivity (Wildman–Crippen MR) is 118 cm³/mol. The Bertz CT molecular complexity index is 1110. The highest BCUT2D eigenvalue weighted by molar-refractivity contribution is 9.10. The second kappa shape index (κ2) is 8.94. The number of benzene rings is 2. The van der Waals surface area contributed by atoms with Gasteiger partial charge < -0.3 is 16.4 Å². The predicted octanol–water partition coefficient (Wildman–Crippen LogP) is 3.27. The van der Waals surface area contributed by atoms with Crippen molar-refractivity contribution >= 4 is 39.2 Å². The maximum absolute atomic E-state index is 13.5. The van der Waals surface area contributed by atoms with E-state index in [0.717, 1.165) is 18.7 Å². The summed E-state index contributed by atoms with van der Waals surface area (Å²) < 4.78 is 18.5. The highest BCUT2D eigenvalue weighted by atomic mass is 79.9. The third kappa shape index (κ3) is 4.35. The Kier molecular flexibility index (Phi) is 6.10. The van der Waals surface area contributed by atoms with Crippen LogP contribution < -0.4 is 16.4 Å². The van der Waals surface area contributed by atoms with Gasteiger partial charge in [0.25, 0.3) is 0 Å². The number of amides is 1. The Labute approximate surface area is 186 Å². The van der Waals surface area contributed by atoms with Gasteiger partial charge in [0, 0.05) is 0 Å². The zero-order chi connectivity index (χ0) is 21.8. The molecular formula is C21H20BrFN6O2. The molecule has 0 aliphatic carbocycles. The van der Waals surface area contributed by atoms with Crippen LogP contribution in [0.2, 0.25) is 0 Å². The number of carbonyl (C=O) groups is 1. The maximum Gasteiger partial charge on any atom is 0.236 e. The van der Waals surface area contributed by atoms with E-state index in [-0.39, 0.29) is 27.7 Å². The summed E-state index contributed by atoms with van der Waals surface area (Å²) in [5.41, 5.74) is 6.81. The molecule has 0 saturated carbocycles. The average Bonchev–Trinajstić information content (AvgIpc) is 3.25. The fraction of sp³-hybridized carbons (Fsp3) is 0.238. The lowest BCUT2D eigenvalue weighted by Crippen LogP contribution is -2.48. The van der Waals surface area contributed by atoms with Gasteiger partial charge in [-0.2, -0.15) is 0 Å². The molecular weight excluding hydrogens is 467 g/mol. The monoisotopic (exact) mass is 486 g/mol. The van der Waals surface area contributed by atoms with Gasteiger partial charge in [-0.1, -0.05) is 30.3 Å². The van der Waals surface area contributed by atoms with Crippen LogP contribution in [0.3, 0.4) is 0 Å². The van der Waals surface area contributed by atoms with E-state index in [2.05, 4.69) is 41.9 Å². The molecule has 1 saturated heterocycles. The minimum atomic E-state index is -0.712. The molecule has 1 aromatic heterocycles. The number of hydrogen-bond acceptors (Lipinski definition) is 6. The molecule has 0 bridgehead atoms. The lowest BCUT2D eigenvalue weighted by atomic mass is 9.72. The molecule has 0 atom stereocenters. The molecule has 4 N–H and O–H groups in total. The second-order valence-electron chi connectivity index (χ2n) is 7.21. The van der Waals surface area contributed by atoms with Crippen molar-refractivity contribution in [2.45, 2.75) is 18.3 Å². The quantitative estimate of drug-likeness (QED) is 0.376. The number of piperidine rings is 1. The van der Waals surface area contributed by atoms with Crippen LogP contribution in [-0.2, 0) is 10.2 Å². The largest absolute Gasteiger partial charge is 0.382 e. The fourth-order valence-electron chi connectivity index (χ4n) is 3.67. The minimum absolute atomic E-state index is 0.0193. The van der Waals surface area contributed by atoms with Crippen molar-refractivity contribution in [2.75, 3.05) is 18.4 Å². The number of anilines is 1. The summed E-state index contributed by atoms with van der Waals surface area (Å²) in [7, 11) is 0. The van der Waals surface area contributed by atoms with Gasteiger partial charge in [-0.15, -0.1) is 0 Å². The molecule has 3 aromatic rings. The van der Waals surface area contributed by atoms with Crippen molar-refractivity contribution in [1.82, 2.24) is 15.6 Å². The molecule has 10 heteroatoms. The lowest BCUT2D eigenvalue weighted by molar-refractivity contribution is -0.122. The van der Waals surface area contributed by atoms with E-state index < -0.39 is 11.2 Å². The van der Waals surface area contributed by atoms with E-state index >= 15 is 0 Å². The van der Waals surface area contributed by atoms with Crippen LogP contribution in [0.1, 0.15) is 24.1 Å². The maximum atomic E-state index is 13.5. The zero-order valence-electron chi connectivity index (χ0n) is 16.4. The first-order valence-corrected chi connectivity index (χ1v) is 10.5. The molecule has 4 rings (SSSR count). The normalized spacial score (nSPS) is 16.1. The third-order valence-corrected chi connectivity index (χ3v) is 5.94. The molecule has 0 radical (unpaired) electrons. The number of hydrogen-bond donors (Lipinski definition) is 3. The number of aliphatic imine (C=N–C) groups is 1. The molecule has 2 aromatic carbocycles. The van der Waals surface area contributed by atoms with Crippen molar-refractivity contribution < 1.29 is 13.8 Å². The van der Waals surface area contributed by atoms with E-state index in [1.165, 1.54) is 18.2 Å². The molecule has 1 fully saturated rings. The number of amidine groups is 1. The molecule has 0 unspecified atom stereocenters. The first-order valence-electron chi connectivity index (χ1n) is 9.69. The Morgan fingerprint density at radius 3 is 2.65 bits per heavy atom. The van der Waals surface area contributed by atoms with E-state index in [4.69, 9.17) is 10.4 Å². The van der Waals surface area contributed by atoms with Crippen LogP contribution >= 0.6 is 15.9 Å². The second-order valence-corrected chi connectivity index (χ2v) is 8.06. The van der Waals surface area contributed by atoms with Gasteiger partial charge in [-0.05, 0) is 75.9 Å². The summed E-state index contributed by atoms with van der Waals surface area (Å²) in [6, 6.07) is 13.9. The minimum Gasteiger partial charge on any atom is -0.382 e. The number of nitrogens with zero attached hydrogens (tertiary/aromatic N) is 3. The molecule has 1 aliphatic heterocycles. The van der Waals surface area contributed by atoms with Gasteiger partial charge in [0.1, 0.15) is 5.82 Å². The van der Waals surface area contributed by atoms with Crippen LogP contribution in [0.5, 0.6) is 0 Å². The first kappa shape index (κ1) is 21.1. The summed E-state index contributed by atoms with van der Waals surface area (Å²) in [6.45, 7) is 1.44. The summed E-state index contributed by atoms with van der Waals surface area (Å²) in [4.78, 5) is 17.7. The number of nitrogens with two attached hydrogens (primary N) is 1. The fourth-order valence-corrected chi connectivity index (χ4v) is 4.04. The lowest BCUT2D eigenvalue weighted by Gasteiger charge is -2.36. The molecule has 160 valence electrons. The molecule has 1 aliphatic rings. The van der Waals surface area contributed by atoms with Crippen molar-refractivity contribution in [3.8, 4) is 0 Å². The third-order valence-electron chi connectivity index (χ3n) is 5.33. The Morgan fingerprint density at radius 2 is 1.94 bits per heavy atom. The van der Waals surface area contributed by atoms with Gasteiger partial charge in [0.2, 0.25) is 11.7 Å². The summed E-state index contributed by atoms with van der Waals surface area (Å²) in [6.07, 6.45) is 1.27. The number of aromatic nitrogens is 2. The van der Waals surface area contributed by atoms with Crippen molar-refractivity contribution in [3.05, 3.63) is 70.1 Å². The van der Waals surface area contributed by atoms with E-state index in [0.29, 0.717) is 18.5 Å². The van der Waals surface area contributed by atoms with Crippen LogP contribution in [0, 0.1) is 5.82 Å². The van der Waals surface area contributed by atoms with Crippen LogP contribution in [-0.4, -0.2) is 35.1 Å². The number of halogens is 2. The first-order chi connectivity index (χ1) is 15.0. The van der Waals surface area contributed by atoms with Gasteiger partial charge in [0.15, 0.2) is 11.5 Å². The van der Waals surface area contributed by atoms with Crippen LogP contribution in [0.25, 0.3) is 0 Å². The highest BCUT2D eigenvalue weighted by Gasteiger charge is 2.41. The smallest absolute Gasteiger partial charge is 0.236 e. The summed E-state index contributed by atoms with van der Waals surface area (Å²) in [5, 5.41) is 13.7. The Balaban J connectivity index is 1.61. The highest BCUT2D eigenvalue weighted by Crippen LogP contribution is 2.35. The summed E-state index contributed by atoms with van der Waals surface area (Å²) >= 11 is 3.11. The summed E-state index contributed by atoms with van der Waals surface area (Å²) in [5.74, 6) is -0.563. The molecule has 1 amide bonds. The standard InChI is InChI=1S/C21H20BrFN6O2/c22-15-12-14(6-7-16(15)23)26-18(24)17-19(29-31-28-17)27-20(30)21(8-10-25-11-9-21)13-4-2-1-3-5-13/h1-7,12,25H,8-11H2,(H2,24,26)(H,27,29,30). The van der Waals surface area contributed by atoms with Gasteiger partial charge in [-0.3, -0.25) is 4.79 Å². The Hall–Kier alpha value is -3.11. The topological polar surface area (TPSA) is 118 Å². The van der Waals surface area contributed by atoms with Crippen molar-refractivity contribution in [3.63, 3.8) is 0 Å². The van der Waals surface area contributed by atoms with Crippen LogP contribution in [0.4, 0.5) is 15.9 Å². The number of nitrogens with one attached hydrogen (secondary N) is 2. The molecule has 2 heterocycles. The van der Waals surface area contributed by atoms with Gasteiger partial charge in [0.05, 0.1) is 15.6 Å². The van der Waals surface area contributed by atoms with E-state index in [1.807, 2.05) is 30.3 Å². The molecule has 0 spiro atoms. The van der Waals surface area contributed by atoms with Crippen molar-refractivity contribution in [1.29, 1.82) is 0 Å². The average molecular weight is 487 g/mol. The number of rotatable bonds is 5. The van der Waals surface area contributed by atoms with Crippen LogP contribution in [0.15, 0.2) is 62.6 Å².